The van der Waals surface area contributed by atoms with Crippen LogP contribution in [0.1, 0.15) is 86.0 Å². The highest BCUT2D eigenvalue weighted by molar-refractivity contribution is 5.95. The SMILES string of the molecule is CC(C)(O)CC[C@@H](O)[C@](C)(O)[C@@H]1CC[C@@]2(O)C3=CC(=O)[C@@H]4C[C@H](O)[C@H](O)C[C@]4(C)[C@H]3CC[C@]12C. The molecule has 0 aromatic rings. The quantitative estimate of drug-likeness (QED) is 0.353. The zero-order valence-corrected chi connectivity index (χ0v) is 21.3. The molecule has 10 atom stereocenters. The number of aliphatic hydroxyl groups is 6. The number of carbonyl (C=O) groups is 1. The van der Waals surface area contributed by atoms with E-state index in [0.717, 1.165) is 0 Å². The average Bonchev–Trinajstić information content (AvgIpc) is 3.00. The Balaban J connectivity index is 1.66. The van der Waals surface area contributed by atoms with Crippen molar-refractivity contribution in [2.45, 2.75) is 121 Å². The summed E-state index contributed by atoms with van der Waals surface area (Å²) in [4.78, 5) is 13.2. The minimum Gasteiger partial charge on any atom is -0.390 e. The molecule has 7 nitrogen and oxygen atoms in total. The molecule has 0 bridgehead atoms. The first-order chi connectivity index (χ1) is 15.5. The van der Waals surface area contributed by atoms with Crippen molar-refractivity contribution < 1.29 is 35.4 Å². The van der Waals surface area contributed by atoms with E-state index in [9.17, 15) is 35.4 Å². The summed E-state index contributed by atoms with van der Waals surface area (Å²) in [6.07, 6.45) is 2.11. The van der Waals surface area contributed by atoms with Gasteiger partial charge in [-0.1, -0.05) is 13.8 Å². The van der Waals surface area contributed by atoms with E-state index in [1.807, 2.05) is 13.8 Å². The fourth-order valence-electron chi connectivity index (χ4n) is 8.32. The Hall–Kier alpha value is -0.830. The fourth-order valence-corrected chi connectivity index (χ4v) is 8.32. The van der Waals surface area contributed by atoms with Crippen LogP contribution in [0.5, 0.6) is 0 Å². The molecule has 0 aromatic heterocycles. The van der Waals surface area contributed by atoms with Crippen LogP contribution >= 0.6 is 0 Å². The van der Waals surface area contributed by atoms with Crippen LogP contribution in [-0.2, 0) is 4.79 Å². The molecule has 4 aliphatic carbocycles. The van der Waals surface area contributed by atoms with Crippen molar-refractivity contribution in [3.8, 4) is 0 Å². The largest absolute Gasteiger partial charge is 0.390 e. The fraction of sp³-hybridized carbons (Fsp3) is 0.889. The van der Waals surface area contributed by atoms with Crippen LogP contribution in [0.15, 0.2) is 11.6 Å². The minimum atomic E-state index is -1.46. The van der Waals surface area contributed by atoms with Gasteiger partial charge in [0.15, 0.2) is 5.78 Å². The molecule has 0 heterocycles. The number of aliphatic hydroxyl groups excluding tert-OH is 3. The van der Waals surface area contributed by atoms with E-state index in [1.165, 1.54) is 0 Å². The lowest BCUT2D eigenvalue weighted by Crippen LogP contribution is -2.62. The summed E-state index contributed by atoms with van der Waals surface area (Å²) in [5.74, 6) is -0.948. The number of fused-ring (bicyclic) bond motifs is 5. The molecule has 7 heteroatoms. The highest BCUT2D eigenvalue weighted by Gasteiger charge is 2.69. The molecule has 4 aliphatic rings. The highest BCUT2D eigenvalue weighted by Crippen LogP contribution is 2.68. The first kappa shape index (κ1) is 26.2. The van der Waals surface area contributed by atoms with E-state index < -0.39 is 45.9 Å². The molecular formula is C27H44O7. The molecule has 0 saturated heterocycles. The Morgan fingerprint density at radius 1 is 1.06 bits per heavy atom. The number of hydrogen-bond acceptors (Lipinski definition) is 7. The van der Waals surface area contributed by atoms with Crippen molar-refractivity contribution in [1.82, 2.24) is 0 Å². The van der Waals surface area contributed by atoms with Gasteiger partial charge in [-0.25, -0.2) is 0 Å². The van der Waals surface area contributed by atoms with E-state index in [1.54, 1.807) is 26.8 Å². The maximum absolute atomic E-state index is 13.2. The third-order valence-corrected chi connectivity index (χ3v) is 10.5. The first-order valence-corrected chi connectivity index (χ1v) is 12.9. The lowest BCUT2D eigenvalue weighted by molar-refractivity contribution is -0.177. The van der Waals surface area contributed by atoms with Gasteiger partial charge in [0.2, 0.25) is 0 Å². The Morgan fingerprint density at radius 2 is 1.71 bits per heavy atom. The molecule has 4 rings (SSSR count). The number of hydrogen-bond donors (Lipinski definition) is 6. The number of carbonyl (C=O) groups excluding carboxylic acids is 1. The lowest BCUT2D eigenvalue weighted by atomic mass is 9.45. The average molecular weight is 481 g/mol. The Morgan fingerprint density at radius 3 is 2.32 bits per heavy atom. The Labute approximate surface area is 202 Å². The number of rotatable bonds is 5. The predicted molar refractivity (Wildman–Crippen MR) is 127 cm³/mol. The zero-order chi connectivity index (χ0) is 25.5. The molecule has 0 aliphatic heterocycles. The topological polar surface area (TPSA) is 138 Å². The van der Waals surface area contributed by atoms with Gasteiger partial charge in [-0.05, 0) is 101 Å². The van der Waals surface area contributed by atoms with Gasteiger partial charge in [-0.2, -0.15) is 0 Å². The summed E-state index contributed by atoms with van der Waals surface area (Å²) in [5, 5.41) is 65.5. The molecule has 0 aromatic carbocycles. The molecule has 194 valence electrons. The maximum atomic E-state index is 13.2. The van der Waals surface area contributed by atoms with Crippen LogP contribution in [0.3, 0.4) is 0 Å². The molecular weight excluding hydrogens is 436 g/mol. The normalized spacial score (nSPS) is 47.2. The van der Waals surface area contributed by atoms with Crippen molar-refractivity contribution in [2.75, 3.05) is 0 Å². The number of allylic oxidation sites excluding steroid dienone is 1. The summed E-state index contributed by atoms with van der Waals surface area (Å²) >= 11 is 0. The molecule has 6 N–H and O–H groups in total. The van der Waals surface area contributed by atoms with Gasteiger partial charge in [0.05, 0.1) is 35.1 Å². The second kappa shape index (κ2) is 8.09. The number of ketones is 1. The van der Waals surface area contributed by atoms with E-state index >= 15 is 0 Å². The molecule has 0 unspecified atom stereocenters. The minimum absolute atomic E-state index is 0.0840. The molecule has 0 amide bonds. The van der Waals surface area contributed by atoms with Gasteiger partial charge in [0.25, 0.3) is 0 Å². The monoisotopic (exact) mass is 480 g/mol. The van der Waals surface area contributed by atoms with Crippen LogP contribution in [-0.4, -0.2) is 71.5 Å². The van der Waals surface area contributed by atoms with E-state index in [-0.39, 0.29) is 36.4 Å². The van der Waals surface area contributed by atoms with Crippen LogP contribution < -0.4 is 0 Å². The van der Waals surface area contributed by atoms with Gasteiger partial charge in [-0.15, -0.1) is 0 Å². The third-order valence-electron chi connectivity index (χ3n) is 10.5. The van der Waals surface area contributed by atoms with Crippen LogP contribution in [0.25, 0.3) is 0 Å². The summed E-state index contributed by atoms with van der Waals surface area (Å²) in [5.41, 5.74) is -4.27. The standard InChI is InChI=1S/C27H44O7/c1-23(2,32)9-8-22(31)26(5,33)21-7-11-27(34)16-12-18(28)17-13-19(29)20(30)14-24(17,3)15(16)6-10-25(21,27)4/h12,15,17,19-22,29-34H,6-11,13-14H2,1-5H3/t15-,17-,19-,20+,21+,22+,24+,25+,26+,27+/m0/s1. The molecule has 3 fully saturated rings. The van der Waals surface area contributed by atoms with Crippen molar-refractivity contribution in [1.29, 1.82) is 0 Å². The second-order valence-corrected chi connectivity index (χ2v) is 13.2. The van der Waals surface area contributed by atoms with Crippen LogP contribution in [0.4, 0.5) is 0 Å². The highest BCUT2D eigenvalue weighted by atomic mass is 16.3. The van der Waals surface area contributed by atoms with Crippen molar-refractivity contribution in [3.63, 3.8) is 0 Å². The van der Waals surface area contributed by atoms with Crippen LogP contribution in [0.2, 0.25) is 0 Å². The Kier molecular flexibility index (Phi) is 6.24. The van der Waals surface area contributed by atoms with Gasteiger partial charge < -0.3 is 30.6 Å². The summed E-state index contributed by atoms with van der Waals surface area (Å²) in [6, 6.07) is 0. The van der Waals surface area contributed by atoms with Crippen molar-refractivity contribution in [3.05, 3.63) is 11.6 Å². The summed E-state index contributed by atoms with van der Waals surface area (Å²) in [6.45, 7) is 8.96. The van der Waals surface area contributed by atoms with Crippen molar-refractivity contribution in [2.24, 2.45) is 28.6 Å². The summed E-state index contributed by atoms with van der Waals surface area (Å²) < 4.78 is 0. The zero-order valence-electron chi connectivity index (χ0n) is 21.3. The van der Waals surface area contributed by atoms with E-state index in [0.29, 0.717) is 44.1 Å². The van der Waals surface area contributed by atoms with Crippen molar-refractivity contribution >= 4 is 5.78 Å². The summed E-state index contributed by atoms with van der Waals surface area (Å²) in [7, 11) is 0. The van der Waals surface area contributed by atoms with Gasteiger partial charge >= 0.3 is 0 Å². The molecule has 3 saturated carbocycles. The molecule has 0 radical (unpaired) electrons. The van der Waals surface area contributed by atoms with Gasteiger partial charge in [-0.3, -0.25) is 4.79 Å². The second-order valence-electron chi connectivity index (χ2n) is 13.2. The predicted octanol–water partition coefficient (Wildman–Crippen LogP) is 1.85. The van der Waals surface area contributed by atoms with E-state index in [2.05, 4.69) is 0 Å². The lowest BCUT2D eigenvalue weighted by Gasteiger charge is -2.60. The first-order valence-electron chi connectivity index (χ1n) is 12.9. The van der Waals surface area contributed by atoms with Crippen LogP contribution in [0, 0.1) is 28.6 Å². The Bertz CT molecular complexity index is 860. The molecule has 34 heavy (non-hydrogen) atoms. The maximum Gasteiger partial charge on any atom is 0.159 e. The van der Waals surface area contributed by atoms with Gasteiger partial charge in [0.1, 0.15) is 0 Å². The smallest absolute Gasteiger partial charge is 0.159 e. The van der Waals surface area contributed by atoms with Gasteiger partial charge in [0, 0.05) is 11.3 Å². The van der Waals surface area contributed by atoms with E-state index in [4.69, 9.17) is 0 Å². The third kappa shape index (κ3) is 3.73. The molecule has 0 spiro atoms.